The van der Waals surface area contributed by atoms with Gasteiger partial charge in [-0.3, -0.25) is 9.69 Å². The van der Waals surface area contributed by atoms with Crippen molar-refractivity contribution in [2.45, 2.75) is 58.8 Å². The molecule has 1 fully saturated rings. The Balaban J connectivity index is 1.28. The maximum Gasteiger partial charge on any atom is 0.222 e. The topological polar surface area (TPSA) is 59.2 Å². The van der Waals surface area contributed by atoms with Crippen LogP contribution in [0.25, 0.3) is 10.9 Å². The molecule has 2 aliphatic heterocycles. The van der Waals surface area contributed by atoms with Crippen LogP contribution in [0.1, 0.15) is 43.1 Å². The maximum absolute atomic E-state index is 12.4. The van der Waals surface area contributed by atoms with Crippen LogP contribution in [-0.4, -0.2) is 54.9 Å². The van der Waals surface area contributed by atoms with E-state index in [1.54, 1.807) is 0 Å². The van der Waals surface area contributed by atoms with Crippen molar-refractivity contribution in [2.75, 3.05) is 19.6 Å². The van der Waals surface area contributed by atoms with Crippen molar-refractivity contribution in [1.82, 2.24) is 29.4 Å². The van der Waals surface area contributed by atoms with Crippen LogP contribution in [0.5, 0.6) is 0 Å². The van der Waals surface area contributed by atoms with E-state index in [2.05, 4.69) is 57.2 Å². The average Bonchev–Trinajstić information content (AvgIpc) is 3.51. The number of para-hydroxylation sites is 1. The fraction of sp³-hybridized carbons (Fsp3) is 0.522. The van der Waals surface area contributed by atoms with Gasteiger partial charge < -0.3 is 9.47 Å². The number of fused-ring (bicyclic) bond motifs is 2. The number of hydrogen-bond donors (Lipinski definition) is 0. The van der Waals surface area contributed by atoms with Crippen LogP contribution >= 0.6 is 0 Å². The van der Waals surface area contributed by atoms with Crippen LogP contribution < -0.4 is 0 Å². The number of nitrogens with zero attached hydrogens (tertiary/aromatic N) is 6. The van der Waals surface area contributed by atoms with Gasteiger partial charge in [-0.1, -0.05) is 23.4 Å². The molecule has 0 atom stereocenters. The van der Waals surface area contributed by atoms with E-state index in [-0.39, 0.29) is 5.91 Å². The molecule has 0 unspecified atom stereocenters. The Kier molecular flexibility index (Phi) is 5.29. The Morgan fingerprint density at radius 1 is 1.10 bits per heavy atom. The first kappa shape index (κ1) is 19.3. The van der Waals surface area contributed by atoms with Gasteiger partial charge in [-0.25, -0.2) is 4.68 Å². The molecule has 0 saturated carbocycles. The average molecular weight is 407 g/mol. The summed E-state index contributed by atoms with van der Waals surface area (Å²) in [6.45, 7) is 8.58. The van der Waals surface area contributed by atoms with Gasteiger partial charge in [0.15, 0.2) is 0 Å². The molecule has 30 heavy (non-hydrogen) atoms. The number of likely N-dealkylation sites (tertiary alicyclic amines) is 1. The lowest BCUT2D eigenvalue weighted by molar-refractivity contribution is -0.130. The third kappa shape index (κ3) is 3.62. The van der Waals surface area contributed by atoms with Crippen molar-refractivity contribution in [1.29, 1.82) is 0 Å². The van der Waals surface area contributed by atoms with E-state index in [1.165, 1.54) is 22.2 Å². The van der Waals surface area contributed by atoms with Crippen molar-refractivity contribution in [3.63, 3.8) is 0 Å². The van der Waals surface area contributed by atoms with E-state index in [0.717, 1.165) is 64.3 Å². The summed E-state index contributed by atoms with van der Waals surface area (Å²) < 4.78 is 4.36. The molecule has 0 radical (unpaired) electrons. The van der Waals surface area contributed by atoms with E-state index < -0.39 is 0 Å². The van der Waals surface area contributed by atoms with Crippen molar-refractivity contribution < 1.29 is 4.79 Å². The minimum Gasteiger partial charge on any atom is -0.347 e. The first-order chi connectivity index (χ1) is 14.7. The van der Waals surface area contributed by atoms with E-state index >= 15 is 0 Å². The third-order valence-corrected chi connectivity index (χ3v) is 6.56. The predicted molar refractivity (Wildman–Crippen MR) is 116 cm³/mol. The molecular weight excluding hydrogens is 376 g/mol. The first-order valence-electron chi connectivity index (χ1n) is 11.2. The molecule has 0 spiro atoms. The molecule has 7 heteroatoms. The number of aryl methyl sites for hydroxylation is 2. The van der Waals surface area contributed by atoms with Gasteiger partial charge in [0.1, 0.15) is 0 Å². The second-order valence-corrected chi connectivity index (χ2v) is 8.46. The summed E-state index contributed by atoms with van der Waals surface area (Å²) in [7, 11) is 0. The third-order valence-electron chi connectivity index (χ3n) is 6.56. The molecule has 5 rings (SSSR count). The number of carbonyl (C=O) groups excluding carboxylic acids is 1. The van der Waals surface area contributed by atoms with Gasteiger partial charge in [-0.15, -0.1) is 5.10 Å². The molecule has 1 saturated heterocycles. The molecule has 3 aromatic rings. The lowest BCUT2D eigenvalue weighted by Gasteiger charge is -2.27. The summed E-state index contributed by atoms with van der Waals surface area (Å²) in [5.41, 5.74) is 4.84. The highest BCUT2D eigenvalue weighted by molar-refractivity contribution is 5.84. The summed E-state index contributed by atoms with van der Waals surface area (Å²) in [6, 6.07) is 8.66. The SMILES string of the molecule is CCn1cc(CN2CCn3nnc(CCC(=O)N4CCCC4)c3C2)c2ccccc21. The molecule has 7 nitrogen and oxygen atoms in total. The fourth-order valence-corrected chi connectivity index (χ4v) is 4.88. The van der Waals surface area contributed by atoms with Crippen molar-refractivity contribution in [3.8, 4) is 0 Å². The van der Waals surface area contributed by atoms with Crippen LogP contribution in [0.4, 0.5) is 0 Å². The largest absolute Gasteiger partial charge is 0.347 e. The van der Waals surface area contributed by atoms with E-state index in [9.17, 15) is 4.79 Å². The molecule has 1 aromatic carbocycles. The second-order valence-electron chi connectivity index (χ2n) is 8.46. The Morgan fingerprint density at radius 3 is 2.77 bits per heavy atom. The number of rotatable bonds is 6. The Morgan fingerprint density at radius 2 is 1.93 bits per heavy atom. The smallest absolute Gasteiger partial charge is 0.222 e. The second kappa shape index (κ2) is 8.22. The molecule has 0 aliphatic carbocycles. The molecule has 0 N–H and O–H groups in total. The van der Waals surface area contributed by atoms with Crippen molar-refractivity contribution in [3.05, 3.63) is 47.4 Å². The molecule has 158 valence electrons. The van der Waals surface area contributed by atoms with Gasteiger partial charge in [0.25, 0.3) is 0 Å². The molecule has 2 aliphatic rings. The highest BCUT2D eigenvalue weighted by Gasteiger charge is 2.24. The predicted octanol–water partition coefficient (Wildman–Crippen LogP) is 2.82. The normalized spacial score (nSPS) is 17.0. The van der Waals surface area contributed by atoms with E-state index in [1.807, 2.05) is 9.58 Å². The summed E-state index contributed by atoms with van der Waals surface area (Å²) in [5.74, 6) is 0.259. The summed E-state index contributed by atoms with van der Waals surface area (Å²) in [4.78, 5) is 16.9. The molecule has 1 amide bonds. The Labute approximate surface area is 177 Å². The molecule has 4 heterocycles. The highest BCUT2D eigenvalue weighted by atomic mass is 16.2. The number of carbonyl (C=O) groups is 1. The molecule has 2 aromatic heterocycles. The zero-order chi connectivity index (χ0) is 20.5. The number of hydrogen-bond acceptors (Lipinski definition) is 4. The zero-order valence-corrected chi connectivity index (χ0v) is 17.8. The van der Waals surface area contributed by atoms with Crippen molar-refractivity contribution in [2.24, 2.45) is 0 Å². The number of aromatic nitrogens is 4. The van der Waals surface area contributed by atoms with Gasteiger partial charge in [0, 0.05) is 69.2 Å². The lowest BCUT2D eigenvalue weighted by atomic mass is 10.1. The number of amides is 1. The van der Waals surface area contributed by atoms with Crippen LogP contribution in [-0.2, 0) is 37.4 Å². The summed E-state index contributed by atoms with van der Waals surface area (Å²) in [5, 5.41) is 10.1. The van der Waals surface area contributed by atoms with Gasteiger partial charge in [0.05, 0.1) is 17.9 Å². The van der Waals surface area contributed by atoms with Crippen LogP contribution in [0.15, 0.2) is 30.5 Å². The minimum absolute atomic E-state index is 0.259. The van der Waals surface area contributed by atoms with Crippen molar-refractivity contribution >= 4 is 16.8 Å². The van der Waals surface area contributed by atoms with E-state index in [0.29, 0.717) is 12.8 Å². The maximum atomic E-state index is 12.4. The molecular formula is C23H30N6O. The van der Waals surface area contributed by atoms with Gasteiger partial charge >= 0.3 is 0 Å². The van der Waals surface area contributed by atoms with Crippen LogP contribution in [0.3, 0.4) is 0 Å². The van der Waals surface area contributed by atoms with Gasteiger partial charge in [-0.2, -0.15) is 0 Å². The lowest BCUT2D eigenvalue weighted by Crippen LogP contribution is -2.34. The number of benzene rings is 1. The Hall–Kier alpha value is -2.67. The first-order valence-corrected chi connectivity index (χ1v) is 11.2. The summed E-state index contributed by atoms with van der Waals surface area (Å²) >= 11 is 0. The Bertz CT molecular complexity index is 1050. The highest BCUT2D eigenvalue weighted by Crippen LogP contribution is 2.25. The quantitative estimate of drug-likeness (QED) is 0.632. The van der Waals surface area contributed by atoms with Gasteiger partial charge in [-0.05, 0) is 31.4 Å². The monoisotopic (exact) mass is 406 g/mol. The molecule has 0 bridgehead atoms. The van der Waals surface area contributed by atoms with Gasteiger partial charge in [0.2, 0.25) is 5.91 Å². The fourth-order valence-electron chi connectivity index (χ4n) is 4.88. The standard InChI is InChI=1S/C23H30N6O/c1-2-27-16-18(19-7-3-4-8-21(19)27)15-26-13-14-29-22(17-26)20(24-25-29)9-10-23(30)28-11-5-6-12-28/h3-4,7-8,16H,2,5-6,9-15,17H2,1H3. The minimum atomic E-state index is 0.259. The van der Waals surface area contributed by atoms with Crippen LogP contribution in [0.2, 0.25) is 0 Å². The summed E-state index contributed by atoms with van der Waals surface area (Å²) in [6.07, 6.45) is 5.79. The van der Waals surface area contributed by atoms with Crippen LogP contribution in [0, 0.1) is 0 Å². The van der Waals surface area contributed by atoms with E-state index in [4.69, 9.17) is 0 Å². The zero-order valence-electron chi connectivity index (χ0n) is 17.8.